The van der Waals surface area contributed by atoms with Crippen LogP contribution >= 0.6 is 23.2 Å². The summed E-state index contributed by atoms with van der Waals surface area (Å²) in [6, 6.07) is 5.22. The summed E-state index contributed by atoms with van der Waals surface area (Å²) in [5.41, 5.74) is 6.57. The molecule has 0 aliphatic heterocycles. The number of rotatable bonds is 3. The lowest BCUT2D eigenvalue weighted by Crippen LogP contribution is -2.08. The summed E-state index contributed by atoms with van der Waals surface area (Å²) in [5, 5.41) is 8.55. The zero-order valence-corrected chi connectivity index (χ0v) is 12.4. The van der Waals surface area contributed by atoms with Gasteiger partial charge in [0.25, 0.3) is 0 Å². The summed E-state index contributed by atoms with van der Waals surface area (Å²) in [5.74, 6) is 0.369. The number of halogens is 2. The number of hydrogen-bond donors (Lipinski definition) is 1. The van der Waals surface area contributed by atoms with Gasteiger partial charge < -0.3 is 10.6 Å². The molecule has 1 aromatic heterocycles. The molecule has 8 heteroatoms. The molecule has 1 heterocycles. The lowest BCUT2D eigenvalue weighted by molar-refractivity contribution is 0.643. The third kappa shape index (κ3) is 3.15. The molecule has 0 unspecified atom stereocenters. The predicted octanol–water partition coefficient (Wildman–Crippen LogP) is 2.65. The fourth-order valence-corrected chi connectivity index (χ4v) is 1.84. The highest BCUT2D eigenvalue weighted by Crippen LogP contribution is 2.35. The largest absolute Gasteiger partial charge is 0.369 e. The average molecular weight is 311 g/mol. The van der Waals surface area contributed by atoms with E-state index in [1.807, 2.05) is 14.1 Å². The van der Waals surface area contributed by atoms with Crippen LogP contribution in [0.5, 0.6) is 0 Å². The first-order valence-electron chi connectivity index (χ1n) is 5.64. The SMILES string of the molecule is CN(C)/C=N/c1nc(N)nnc1-c1cccc(Cl)c1Cl. The van der Waals surface area contributed by atoms with Crippen LogP contribution in [0.25, 0.3) is 11.3 Å². The van der Waals surface area contributed by atoms with Crippen molar-refractivity contribution >= 4 is 41.3 Å². The van der Waals surface area contributed by atoms with E-state index in [0.29, 0.717) is 27.1 Å². The highest BCUT2D eigenvalue weighted by Gasteiger charge is 2.14. The fourth-order valence-electron chi connectivity index (χ4n) is 1.45. The molecule has 0 saturated heterocycles. The minimum absolute atomic E-state index is 0.0396. The summed E-state index contributed by atoms with van der Waals surface area (Å²) < 4.78 is 0. The molecule has 2 rings (SSSR count). The van der Waals surface area contributed by atoms with Gasteiger partial charge in [-0.3, -0.25) is 0 Å². The molecule has 20 heavy (non-hydrogen) atoms. The van der Waals surface area contributed by atoms with Crippen LogP contribution in [0.3, 0.4) is 0 Å². The number of aliphatic imine (C=N–C) groups is 1. The maximum atomic E-state index is 6.18. The second kappa shape index (κ2) is 6.02. The summed E-state index contributed by atoms with van der Waals surface area (Å²) >= 11 is 12.2. The van der Waals surface area contributed by atoms with E-state index in [4.69, 9.17) is 28.9 Å². The van der Waals surface area contributed by atoms with Crippen molar-refractivity contribution in [1.29, 1.82) is 0 Å². The maximum absolute atomic E-state index is 6.18. The van der Waals surface area contributed by atoms with Crippen molar-refractivity contribution in [3.05, 3.63) is 28.2 Å². The van der Waals surface area contributed by atoms with Gasteiger partial charge in [0, 0.05) is 19.7 Å². The molecule has 2 N–H and O–H groups in total. The highest BCUT2D eigenvalue weighted by molar-refractivity contribution is 6.43. The molecule has 0 bridgehead atoms. The van der Waals surface area contributed by atoms with Gasteiger partial charge in [-0.2, -0.15) is 4.98 Å². The van der Waals surface area contributed by atoms with Crippen LogP contribution in [0.2, 0.25) is 10.0 Å². The monoisotopic (exact) mass is 310 g/mol. The fraction of sp³-hybridized carbons (Fsp3) is 0.167. The first-order chi connectivity index (χ1) is 9.49. The predicted molar refractivity (Wildman–Crippen MR) is 81.5 cm³/mol. The standard InChI is InChI=1S/C12H12Cl2N6/c1-20(2)6-16-11-10(18-19-12(15)17-11)7-4-3-5-8(13)9(7)14/h3-6H,1-2H3,(H2,15,17,19)/b16-6+. The molecular formula is C12H12Cl2N6. The first-order valence-corrected chi connectivity index (χ1v) is 6.40. The second-order valence-electron chi connectivity index (χ2n) is 4.15. The van der Waals surface area contributed by atoms with E-state index in [2.05, 4.69) is 20.2 Å². The quantitative estimate of drug-likeness (QED) is 0.696. The first kappa shape index (κ1) is 14.5. The van der Waals surface area contributed by atoms with Crippen molar-refractivity contribution in [2.45, 2.75) is 0 Å². The molecule has 0 atom stereocenters. The molecule has 0 spiro atoms. The van der Waals surface area contributed by atoms with Crippen LogP contribution < -0.4 is 5.73 Å². The Bertz CT molecular complexity index is 656. The lowest BCUT2D eigenvalue weighted by atomic mass is 10.1. The summed E-state index contributed by atoms with van der Waals surface area (Å²) in [6.45, 7) is 0. The van der Waals surface area contributed by atoms with Gasteiger partial charge in [0.1, 0.15) is 5.69 Å². The Balaban J connectivity index is 2.59. The third-order valence-corrected chi connectivity index (χ3v) is 3.12. The maximum Gasteiger partial charge on any atom is 0.242 e. The van der Waals surface area contributed by atoms with Gasteiger partial charge in [-0.1, -0.05) is 35.3 Å². The number of benzene rings is 1. The summed E-state index contributed by atoms with van der Waals surface area (Å²) in [6.07, 6.45) is 1.59. The van der Waals surface area contributed by atoms with E-state index in [0.717, 1.165) is 0 Å². The van der Waals surface area contributed by atoms with Gasteiger partial charge in [0.15, 0.2) is 5.82 Å². The van der Waals surface area contributed by atoms with E-state index < -0.39 is 0 Å². The Labute approximate surface area is 126 Å². The van der Waals surface area contributed by atoms with Crippen molar-refractivity contribution in [2.24, 2.45) is 4.99 Å². The molecule has 0 fully saturated rings. The Kier molecular flexibility index (Phi) is 4.36. The van der Waals surface area contributed by atoms with Gasteiger partial charge in [0.05, 0.1) is 16.4 Å². The van der Waals surface area contributed by atoms with Crippen molar-refractivity contribution in [3.63, 3.8) is 0 Å². The normalized spacial score (nSPS) is 11.0. The lowest BCUT2D eigenvalue weighted by Gasteiger charge is -2.08. The molecule has 0 radical (unpaired) electrons. The van der Waals surface area contributed by atoms with Crippen LogP contribution in [0.1, 0.15) is 0 Å². The van der Waals surface area contributed by atoms with E-state index in [1.54, 1.807) is 29.4 Å². The number of nitrogens with two attached hydrogens (primary N) is 1. The van der Waals surface area contributed by atoms with Gasteiger partial charge in [-0.05, 0) is 6.07 Å². The summed E-state index contributed by atoms with van der Waals surface area (Å²) in [4.78, 5) is 10.1. The van der Waals surface area contributed by atoms with Crippen LogP contribution in [-0.2, 0) is 0 Å². The molecule has 0 amide bonds. The van der Waals surface area contributed by atoms with Crippen molar-refractivity contribution in [3.8, 4) is 11.3 Å². The third-order valence-electron chi connectivity index (χ3n) is 2.30. The zero-order chi connectivity index (χ0) is 14.7. The van der Waals surface area contributed by atoms with E-state index >= 15 is 0 Å². The van der Waals surface area contributed by atoms with Crippen LogP contribution in [0, 0.1) is 0 Å². The number of anilines is 1. The van der Waals surface area contributed by atoms with Gasteiger partial charge in [-0.15, -0.1) is 10.2 Å². The smallest absolute Gasteiger partial charge is 0.242 e. The van der Waals surface area contributed by atoms with E-state index in [9.17, 15) is 0 Å². The van der Waals surface area contributed by atoms with Crippen molar-refractivity contribution < 1.29 is 0 Å². The number of nitrogen functional groups attached to an aromatic ring is 1. The molecule has 0 aliphatic carbocycles. The zero-order valence-electron chi connectivity index (χ0n) is 10.9. The Hall–Kier alpha value is -1.92. The molecule has 0 saturated carbocycles. The van der Waals surface area contributed by atoms with E-state index in [1.165, 1.54) is 0 Å². The summed E-state index contributed by atoms with van der Waals surface area (Å²) in [7, 11) is 3.68. The number of nitrogens with zero attached hydrogens (tertiary/aromatic N) is 5. The topological polar surface area (TPSA) is 80.3 Å². The second-order valence-corrected chi connectivity index (χ2v) is 4.94. The molecule has 2 aromatic rings. The minimum Gasteiger partial charge on any atom is -0.369 e. The van der Waals surface area contributed by atoms with E-state index in [-0.39, 0.29) is 5.95 Å². The van der Waals surface area contributed by atoms with Gasteiger partial charge >= 0.3 is 0 Å². The number of hydrogen-bond acceptors (Lipinski definition) is 5. The van der Waals surface area contributed by atoms with Crippen molar-refractivity contribution in [2.75, 3.05) is 19.8 Å². The Morgan fingerprint density at radius 3 is 2.70 bits per heavy atom. The Morgan fingerprint density at radius 1 is 1.25 bits per heavy atom. The molecule has 0 aliphatic rings. The number of aromatic nitrogens is 3. The average Bonchev–Trinajstić information content (AvgIpc) is 2.40. The van der Waals surface area contributed by atoms with Crippen LogP contribution in [0.4, 0.5) is 11.8 Å². The van der Waals surface area contributed by atoms with Crippen LogP contribution in [-0.4, -0.2) is 40.5 Å². The Morgan fingerprint density at radius 2 is 2.00 bits per heavy atom. The van der Waals surface area contributed by atoms with Crippen molar-refractivity contribution in [1.82, 2.24) is 20.1 Å². The van der Waals surface area contributed by atoms with Crippen LogP contribution in [0.15, 0.2) is 23.2 Å². The molecule has 6 nitrogen and oxygen atoms in total. The molecule has 1 aromatic carbocycles. The highest BCUT2D eigenvalue weighted by atomic mass is 35.5. The molecular weight excluding hydrogens is 299 g/mol. The molecule has 104 valence electrons. The van der Waals surface area contributed by atoms with Gasteiger partial charge in [0.2, 0.25) is 5.95 Å². The minimum atomic E-state index is 0.0396. The van der Waals surface area contributed by atoms with Gasteiger partial charge in [-0.25, -0.2) is 4.99 Å².